The Balaban J connectivity index is 1.92. The molecule has 0 saturated carbocycles. The topological polar surface area (TPSA) is 54.3 Å². The van der Waals surface area contributed by atoms with Gasteiger partial charge in [0.1, 0.15) is 11.5 Å². The molecule has 0 bridgehead atoms. The summed E-state index contributed by atoms with van der Waals surface area (Å²) in [5.74, 6) is 0.245. The SMILES string of the molecule is CC(NOc1ccc(C#N)cc1)c1ccc(OC(F)(F)F)cc1. The molecule has 0 spiro atoms. The van der Waals surface area contributed by atoms with Gasteiger partial charge in [-0.25, -0.2) is 0 Å². The lowest BCUT2D eigenvalue weighted by Crippen LogP contribution is -2.22. The summed E-state index contributed by atoms with van der Waals surface area (Å²) < 4.78 is 40.1. The number of benzene rings is 2. The van der Waals surface area contributed by atoms with E-state index < -0.39 is 6.36 Å². The van der Waals surface area contributed by atoms with E-state index in [2.05, 4.69) is 10.2 Å². The summed E-state index contributed by atoms with van der Waals surface area (Å²) in [6, 6.07) is 13.8. The summed E-state index contributed by atoms with van der Waals surface area (Å²) in [6.45, 7) is 1.79. The van der Waals surface area contributed by atoms with Gasteiger partial charge in [0.05, 0.1) is 17.7 Å². The molecule has 2 aromatic carbocycles. The summed E-state index contributed by atoms with van der Waals surface area (Å²) in [5, 5.41) is 8.70. The van der Waals surface area contributed by atoms with E-state index in [9.17, 15) is 13.2 Å². The van der Waals surface area contributed by atoms with Gasteiger partial charge in [-0.3, -0.25) is 0 Å². The van der Waals surface area contributed by atoms with Crippen LogP contribution < -0.4 is 15.1 Å². The van der Waals surface area contributed by atoms with E-state index in [1.165, 1.54) is 24.3 Å². The van der Waals surface area contributed by atoms with Crippen LogP contribution in [0, 0.1) is 11.3 Å². The third-order valence-electron chi connectivity index (χ3n) is 2.95. The molecule has 0 aliphatic rings. The fourth-order valence-electron chi connectivity index (χ4n) is 1.78. The molecule has 0 radical (unpaired) electrons. The normalized spacial score (nSPS) is 12.3. The summed E-state index contributed by atoms with van der Waals surface area (Å²) in [4.78, 5) is 5.36. The summed E-state index contributed by atoms with van der Waals surface area (Å²) in [6.07, 6.45) is -4.70. The van der Waals surface area contributed by atoms with Crippen molar-refractivity contribution in [2.45, 2.75) is 19.3 Å². The molecule has 7 heteroatoms. The minimum Gasteiger partial charge on any atom is -0.408 e. The quantitative estimate of drug-likeness (QED) is 0.842. The van der Waals surface area contributed by atoms with Crippen LogP contribution in [0.25, 0.3) is 0 Å². The molecule has 0 aliphatic heterocycles. The van der Waals surface area contributed by atoms with E-state index in [0.717, 1.165) is 5.56 Å². The van der Waals surface area contributed by atoms with Crippen molar-refractivity contribution in [3.8, 4) is 17.6 Å². The molecule has 1 N–H and O–H groups in total. The molecule has 120 valence electrons. The smallest absolute Gasteiger partial charge is 0.408 e. The second-order valence-corrected chi connectivity index (χ2v) is 4.69. The molecule has 23 heavy (non-hydrogen) atoms. The average Bonchev–Trinajstić information content (AvgIpc) is 2.52. The summed E-state index contributed by atoms with van der Waals surface area (Å²) in [7, 11) is 0. The van der Waals surface area contributed by atoms with Gasteiger partial charge in [-0.05, 0) is 48.9 Å². The molecule has 1 unspecified atom stereocenters. The van der Waals surface area contributed by atoms with Gasteiger partial charge < -0.3 is 9.57 Å². The Labute approximate surface area is 131 Å². The maximum absolute atomic E-state index is 12.1. The molecule has 0 aromatic heterocycles. The molecule has 2 aromatic rings. The molecule has 0 heterocycles. The number of ether oxygens (including phenoxy) is 1. The third-order valence-corrected chi connectivity index (χ3v) is 2.95. The highest BCUT2D eigenvalue weighted by Crippen LogP contribution is 2.24. The standard InChI is InChI=1S/C16H13F3N2O2/c1-11(21-23-15-6-2-12(10-20)3-7-15)13-4-8-14(9-5-13)22-16(17,18)19/h2-9,11,21H,1H3. The largest absolute Gasteiger partial charge is 0.573 e. The first-order valence-electron chi connectivity index (χ1n) is 6.65. The monoisotopic (exact) mass is 322 g/mol. The Morgan fingerprint density at radius 2 is 1.57 bits per heavy atom. The lowest BCUT2D eigenvalue weighted by Gasteiger charge is -2.15. The van der Waals surface area contributed by atoms with Crippen LogP contribution in [0.2, 0.25) is 0 Å². The number of halogens is 3. The molecular formula is C16H13F3N2O2. The Hall–Kier alpha value is -2.72. The van der Waals surface area contributed by atoms with Crippen LogP contribution in [-0.2, 0) is 0 Å². The van der Waals surface area contributed by atoms with Crippen LogP contribution in [0.4, 0.5) is 13.2 Å². The first-order valence-corrected chi connectivity index (χ1v) is 6.65. The van der Waals surface area contributed by atoms with Gasteiger partial charge in [-0.2, -0.15) is 5.26 Å². The van der Waals surface area contributed by atoms with Crippen molar-refractivity contribution < 1.29 is 22.7 Å². The van der Waals surface area contributed by atoms with E-state index in [4.69, 9.17) is 10.1 Å². The molecule has 4 nitrogen and oxygen atoms in total. The molecule has 0 aliphatic carbocycles. The Bertz CT molecular complexity index is 676. The van der Waals surface area contributed by atoms with Crippen LogP contribution in [-0.4, -0.2) is 6.36 Å². The van der Waals surface area contributed by atoms with Crippen molar-refractivity contribution in [1.29, 1.82) is 5.26 Å². The summed E-state index contributed by atoms with van der Waals surface area (Å²) >= 11 is 0. The highest BCUT2D eigenvalue weighted by Gasteiger charge is 2.31. The van der Waals surface area contributed by atoms with Crippen molar-refractivity contribution in [3.63, 3.8) is 0 Å². The molecule has 2 rings (SSSR count). The highest BCUT2D eigenvalue weighted by atomic mass is 19.4. The number of hydrogen-bond donors (Lipinski definition) is 1. The molecule has 0 saturated heterocycles. The third kappa shape index (κ3) is 5.20. The van der Waals surface area contributed by atoms with E-state index >= 15 is 0 Å². The zero-order chi connectivity index (χ0) is 16.9. The van der Waals surface area contributed by atoms with Crippen LogP contribution in [0.1, 0.15) is 24.1 Å². The van der Waals surface area contributed by atoms with Gasteiger partial charge in [0.2, 0.25) is 0 Å². The zero-order valence-electron chi connectivity index (χ0n) is 12.1. The Morgan fingerprint density at radius 1 is 1.00 bits per heavy atom. The van der Waals surface area contributed by atoms with Crippen LogP contribution >= 0.6 is 0 Å². The number of hydrogen-bond acceptors (Lipinski definition) is 4. The molecular weight excluding hydrogens is 309 g/mol. The predicted molar refractivity (Wildman–Crippen MR) is 76.5 cm³/mol. The fraction of sp³-hybridized carbons (Fsp3) is 0.188. The van der Waals surface area contributed by atoms with Gasteiger partial charge >= 0.3 is 6.36 Å². The van der Waals surface area contributed by atoms with Gasteiger partial charge in [-0.1, -0.05) is 12.1 Å². The second kappa shape index (κ2) is 7.03. The number of hydroxylamine groups is 1. The maximum Gasteiger partial charge on any atom is 0.573 e. The average molecular weight is 322 g/mol. The second-order valence-electron chi connectivity index (χ2n) is 4.69. The van der Waals surface area contributed by atoms with Gasteiger partial charge in [0.25, 0.3) is 0 Å². The number of alkyl halides is 3. The predicted octanol–water partition coefficient (Wildman–Crippen LogP) is 4.10. The van der Waals surface area contributed by atoms with Crippen molar-refractivity contribution in [2.75, 3.05) is 0 Å². The summed E-state index contributed by atoms with van der Waals surface area (Å²) in [5.41, 5.74) is 4.02. The minimum absolute atomic E-state index is 0.259. The van der Waals surface area contributed by atoms with Crippen molar-refractivity contribution in [3.05, 3.63) is 59.7 Å². The van der Waals surface area contributed by atoms with Crippen molar-refractivity contribution in [1.82, 2.24) is 5.48 Å². The first-order chi connectivity index (χ1) is 10.9. The van der Waals surface area contributed by atoms with E-state index in [-0.39, 0.29) is 11.8 Å². The van der Waals surface area contributed by atoms with Crippen molar-refractivity contribution >= 4 is 0 Å². The van der Waals surface area contributed by atoms with Gasteiger partial charge in [0.15, 0.2) is 0 Å². The van der Waals surface area contributed by atoms with E-state index in [1.807, 2.05) is 6.07 Å². The van der Waals surface area contributed by atoms with Crippen molar-refractivity contribution in [2.24, 2.45) is 0 Å². The fourth-order valence-corrected chi connectivity index (χ4v) is 1.78. The van der Waals surface area contributed by atoms with Gasteiger partial charge in [-0.15, -0.1) is 18.7 Å². The molecule has 0 amide bonds. The number of rotatable bonds is 5. The van der Waals surface area contributed by atoms with Crippen LogP contribution in [0.15, 0.2) is 48.5 Å². The Morgan fingerprint density at radius 3 is 2.09 bits per heavy atom. The maximum atomic E-state index is 12.1. The Kier molecular flexibility index (Phi) is 5.09. The van der Waals surface area contributed by atoms with Crippen LogP contribution in [0.5, 0.6) is 11.5 Å². The van der Waals surface area contributed by atoms with Crippen LogP contribution in [0.3, 0.4) is 0 Å². The zero-order valence-corrected chi connectivity index (χ0v) is 12.1. The molecule has 1 atom stereocenters. The number of nitrogens with zero attached hydrogens (tertiary/aromatic N) is 1. The minimum atomic E-state index is -4.70. The lowest BCUT2D eigenvalue weighted by atomic mass is 10.1. The molecule has 0 fully saturated rings. The van der Waals surface area contributed by atoms with E-state index in [0.29, 0.717) is 11.3 Å². The number of nitrogens with one attached hydrogen (secondary N) is 1. The highest BCUT2D eigenvalue weighted by molar-refractivity contribution is 5.34. The van der Waals surface area contributed by atoms with Gasteiger partial charge in [0, 0.05) is 0 Å². The lowest BCUT2D eigenvalue weighted by molar-refractivity contribution is -0.274. The number of nitriles is 1. The first kappa shape index (κ1) is 16.6. The van der Waals surface area contributed by atoms with E-state index in [1.54, 1.807) is 31.2 Å².